The zero-order valence-corrected chi connectivity index (χ0v) is 19.0. The van der Waals surface area contributed by atoms with Crippen molar-refractivity contribution in [2.45, 2.75) is 26.3 Å². The van der Waals surface area contributed by atoms with Crippen LogP contribution in [0.25, 0.3) is 0 Å². The van der Waals surface area contributed by atoms with Crippen LogP contribution in [-0.2, 0) is 9.84 Å². The van der Waals surface area contributed by atoms with E-state index in [4.69, 9.17) is 0 Å². The summed E-state index contributed by atoms with van der Waals surface area (Å²) in [6.45, 7) is 6.73. The number of carbonyl (C=O) groups is 1. The highest BCUT2D eigenvalue weighted by atomic mass is 79.9. The lowest BCUT2D eigenvalue weighted by Crippen LogP contribution is -2.49. The van der Waals surface area contributed by atoms with Gasteiger partial charge in [0.25, 0.3) is 5.91 Å². The van der Waals surface area contributed by atoms with E-state index >= 15 is 0 Å². The molecule has 2 aromatic rings. The topological polar surface area (TPSA) is 75.5 Å². The first kappa shape index (κ1) is 20.4. The van der Waals surface area contributed by atoms with Crippen molar-refractivity contribution in [3.8, 4) is 0 Å². The predicted octanol–water partition coefficient (Wildman–Crippen LogP) is 2.58. The van der Waals surface area contributed by atoms with E-state index < -0.39 is 9.84 Å². The maximum atomic E-state index is 12.8. The Kier molecular flexibility index (Phi) is 5.46. The van der Waals surface area contributed by atoms with Crippen LogP contribution < -0.4 is 4.90 Å². The summed E-state index contributed by atoms with van der Waals surface area (Å²) in [5.41, 5.74) is 3.68. The SMILES string of the molecule is Cc1nn(C2CCS(=O)(=O)C2)c(C)c1N1CCN(C(=O)c2ccccc2Br)CC1. The van der Waals surface area contributed by atoms with Crippen molar-refractivity contribution < 1.29 is 13.2 Å². The predicted molar refractivity (Wildman–Crippen MR) is 116 cm³/mol. The second-order valence-corrected chi connectivity index (χ2v) is 10.9. The Morgan fingerprint density at radius 2 is 1.83 bits per heavy atom. The van der Waals surface area contributed by atoms with Gasteiger partial charge in [-0.1, -0.05) is 12.1 Å². The normalized spacial score (nSPS) is 21.6. The molecule has 1 unspecified atom stereocenters. The minimum absolute atomic E-state index is 0.0393. The minimum Gasteiger partial charge on any atom is -0.365 e. The molecule has 9 heteroatoms. The van der Waals surface area contributed by atoms with Crippen molar-refractivity contribution >= 4 is 37.4 Å². The third-order valence-electron chi connectivity index (χ3n) is 5.83. The molecule has 1 aromatic heterocycles. The lowest BCUT2D eigenvalue weighted by molar-refractivity contribution is 0.0746. The first-order valence-electron chi connectivity index (χ1n) is 9.82. The number of anilines is 1. The number of carbonyl (C=O) groups excluding carboxylic acids is 1. The molecule has 0 aliphatic carbocycles. The van der Waals surface area contributed by atoms with Gasteiger partial charge in [0.1, 0.15) is 0 Å². The highest BCUT2D eigenvalue weighted by molar-refractivity contribution is 9.10. The number of amides is 1. The van der Waals surface area contributed by atoms with E-state index in [0.29, 0.717) is 25.1 Å². The van der Waals surface area contributed by atoms with E-state index in [2.05, 4.69) is 25.9 Å². The monoisotopic (exact) mass is 480 g/mol. The highest BCUT2D eigenvalue weighted by Gasteiger charge is 2.33. The minimum atomic E-state index is -2.96. The summed E-state index contributed by atoms with van der Waals surface area (Å²) in [4.78, 5) is 17.0. The molecule has 7 nitrogen and oxygen atoms in total. The van der Waals surface area contributed by atoms with Crippen LogP contribution in [0.3, 0.4) is 0 Å². The van der Waals surface area contributed by atoms with Crippen molar-refractivity contribution in [1.82, 2.24) is 14.7 Å². The summed E-state index contributed by atoms with van der Waals surface area (Å²) < 4.78 is 26.4. The highest BCUT2D eigenvalue weighted by Crippen LogP contribution is 2.32. The largest absolute Gasteiger partial charge is 0.365 e. The summed E-state index contributed by atoms with van der Waals surface area (Å²) in [5.74, 6) is 0.446. The molecule has 2 saturated heterocycles. The van der Waals surface area contributed by atoms with Gasteiger partial charge < -0.3 is 9.80 Å². The van der Waals surface area contributed by atoms with Crippen LogP contribution in [-0.4, -0.2) is 66.7 Å². The Bertz CT molecular complexity index is 1040. The van der Waals surface area contributed by atoms with Crippen LogP contribution in [0.4, 0.5) is 5.69 Å². The first-order chi connectivity index (χ1) is 13.8. The van der Waals surface area contributed by atoms with Crippen molar-refractivity contribution in [3.63, 3.8) is 0 Å². The summed E-state index contributed by atoms with van der Waals surface area (Å²) >= 11 is 3.46. The third kappa shape index (κ3) is 3.94. The smallest absolute Gasteiger partial charge is 0.255 e. The molecule has 29 heavy (non-hydrogen) atoms. The fraction of sp³-hybridized carbons (Fsp3) is 0.500. The molecule has 156 valence electrons. The molecule has 1 aromatic carbocycles. The van der Waals surface area contributed by atoms with Gasteiger partial charge in [-0.05, 0) is 48.3 Å². The Morgan fingerprint density at radius 3 is 2.45 bits per heavy atom. The average molecular weight is 481 g/mol. The van der Waals surface area contributed by atoms with Gasteiger partial charge in [0.2, 0.25) is 0 Å². The first-order valence-corrected chi connectivity index (χ1v) is 12.4. The summed E-state index contributed by atoms with van der Waals surface area (Å²) in [6.07, 6.45) is 0.623. The molecule has 0 saturated carbocycles. The van der Waals surface area contributed by atoms with Crippen LogP contribution in [0.1, 0.15) is 34.2 Å². The number of sulfone groups is 1. The number of nitrogens with zero attached hydrogens (tertiary/aromatic N) is 4. The van der Waals surface area contributed by atoms with E-state index in [-0.39, 0.29) is 23.5 Å². The molecule has 1 amide bonds. The van der Waals surface area contributed by atoms with Gasteiger partial charge in [0.15, 0.2) is 9.84 Å². The quantitative estimate of drug-likeness (QED) is 0.674. The Labute approximate surface area is 179 Å². The molecule has 0 spiro atoms. The number of hydrogen-bond donors (Lipinski definition) is 0. The zero-order chi connectivity index (χ0) is 20.8. The van der Waals surface area contributed by atoms with Crippen LogP contribution in [0.5, 0.6) is 0 Å². The van der Waals surface area contributed by atoms with E-state index in [0.717, 1.165) is 34.6 Å². The molecule has 4 rings (SSSR count). The van der Waals surface area contributed by atoms with Crippen molar-refractivity contribution in [2.75, 3.05) is 42.6 Å². The van der Waals surface area contributed by atoms with Gasteiger partial charge in [-0.25, -0.2) is 8.42 Å². The molecule has 3 heterocycles. The number of piperazine rings is 1. The Balaban J connectivity index is 1.48. The molecule has 0 bridgehead atoms. The number of hydrogen-bond acceptors (Lipinski definition) is 5. The standard InChI is InChI=1S/C20H25BrN4O3S/c1-14-19(15(2)25(22-14)16-7-12-29(27,28)13-16)23-8-10-24(11-9-23)20(26)17-5-3-4-6-18(17)21/h3-6,16H,7-13H2,1-2H3. The van der Waals surface area contributed by atoms with E-state index in [1.165, 1.54) is 0 Å². The second kappa shape index (κ2) is 7.75. The molecule has 1 atom stereocenters. The zero-order valence-electron chi connectivity index (χ0n) is 16.6. The summed E-state index contributed by atoms with van der Waals surface area (Å²) in [7, 11) is -2.96. The van der Waals surface area contributed by atoms with E-state index in [9.17, 15) is 13.2 Å². The summed E-state index contributed by atoms with van der Waals surface area (Å²) in [5, 5.41) is 4.67. The van der Waals surface area contributed by atoms with Gasteiger partial charge in [-0.2, -0.15) is 5.10 Å². The second-order valence-electron chi connectivity index (χ2n) is 7.78. The van der Waals surface area contributed by atoms with Gasteiger partial charge in [0, 0.05) is 30.7 Å². The lowest BCUT2D eigenvalue weighted by atomic mass is 10.1. The average Bonchev–Trinajstić information content (AvgIpc) is 3.20. The van der Waals surface area contributed by atoms with E-state index in [1.54, 1.807) is 0 Å². The molecular weight excluding hydrogens is 456 g/mol. The van der Waals surface area contributed by atoms with Crippen LogP contribution >= 0.6 is 15.9 Å². The van der Waals surface area contributed by atoms with Gasteiger partial charge in [-0.3, -0.25) is 9.48 Å². The van der Waals surface area contributed by atoms with Crippen LogP contribution in [0.2, 0.25) is 0 Å². The molecule has 2 aliphatic rings. The maximum Gasteiger partial charge on any atom is 0.255 e. The number of aryl methyl sites for hydroxylation is 1. The molecule has 0 radical (unpaired) electrons. The van der Waals surface area contributed by atoms with E-state index in [1.807, 2.05) is 47.7 Å². The van der Waals surface area contributed by atoms with Gasteiger partial charge >= 0.3 is 0 Å². The molecule has 2 fully saturated rings. The molecular formula is C20H25BrN4O3S. The van der Waals surface area contributed by atoms with Crippen molar-refractivity contribution in [3.05, 3.63) is 45.7 Å². The fourth-order valence-electron chi connectivity index (χ4n) is 4.37. The number of aromatic nitrogens is 2. The van der Waals surface area contributed by atoms with Crippen LogP contribution in [0.15, 0.2) is 28.7 Å². The van der Waals surface area contributed by atoms with Crippen molar-refractivity contribution in [1.29, 1.82) is 0 Å². The Hall–Kier alpha value is -1.87. The Morgan fingerprint density at radius 1 is 1.14 bits per heavy atom. The number of rotatable bonds is 3. The maximum absolute atomic E-state index is 12.8. The van der Waals surface area contributed by atoms with Gasteiger partial charge in [0.05, 0.1) is 40.2 Å². The fourth-order valence-corrected chi connectivity index (χ4v) is 6.52. The third-order valence-corrected chi connectivity index (χ3v) is 8.27. The van der Waals surface area contributed by atoms with Crippen molar-refractivity contribution in [2.24, 2.45) is 0 Å². The lowest BCUT2D eigenvalue weighted by Gasteiger charge is -2.36. The molecule has 0 N–H and O–H groups in total. The molecule has 2 aliphatic heterocycles. The summed E-state index contributed by atoms with van der Waals surface area (Å²) in [6, 6.07) is 7.42. The number of halogens is 1. The number of benzene rings is 1. The van der Waals surface area contributed by atoms with Gasteiger partial charge in [-0.15, -0.1) is 0 Å². The van der Waals surface area contributed by atoms with Crippen LogP contribution in [0, 0.1) is 13.8 Å².